The van der Waals surface area contributed by atoms with Gasteiger partial charge >= 0.3 is 0 Å². The second-order valence-corrected chi connectivity index (χ2v) is 5.36. The van der Waals surface area contributed by atoms with E-state index in [0.29, 0.717) is 11.2 Å². The molecule has 0 radical (unpaired) electrons. The molecule has 1 heteroatoms. The van der Waals surface area contributed by atoms with Gasteiger partial charge in [0, 0.05) is 23.7 Å². The first kappa shape index (κ1) is 6.02. The van der Waals surface area contributed by atoms with Crippen molar-refractivity contribution in [1.29, 1.82) is 0 Å². The van der Waals surface area contributed by atoms with E-state index < -0.39 is 0 Å². The molecule has 0 aromatic heterocycles. The van der Waals surface area contributed by atoms with Crippen LogP contribution in [-0.2, 0) is 4.74 Å². The van der Waals surface area contributed by atoms with Crippen molar-refractivity contribution in [2.45, 2.75) is 24.0 Å². The van der Waals surface area contributed by atoms with Gasteiger partial charge in [-0.1, -0.05) is 24.3 Å². The standard InChI is InChI=1S/C12H12O/c1-2-8-5-7(1)11-9-3-4-10(6-9)12(8,11)13-11/h1-4,7-10H,5-6H2. The van der Waals surface area contributed by atoms with Crippen LogP contribution in [-0.4, -0.2) is 11.2 Å². The van der Waals surface area contributed by atoms with Crippen LogP contribution in [0, 0.1) is 23.7 Å². The third-order valence-electron chi connectivity index (χ3n) is 5.28. The zero-order valence-corrected chi connectivity index (χ0v) is 7.44. The summed E-state index contributed by atoms with van der Waals surface area (Å²) >= 11 is 0. The molecule has 4 unspecified atom stereocenters. The number of fused-ring (bicyclic) bond motifs is 4. The van der Waals surface area contributed by atoms with Gasteiger partial charge < -0.3 is 4.74 Å². The molecule has 0 amide bonds. The SMILES string of the molecule is C1=CC2CC1C13OC21C1C=CC3C1. The lowest BCUT2D eigenvalue weighted by molar-refractivity contribution is 0.103. The van der Waals surface area contributed by atoms with E-state index in [4.69, 9.17) is 4.74 Å². The van der Waals surface area contributed by atoms with E-state index in [1.54, 1.807) is 0 Å². The lowest BCUT2D eigenvalue weighted by Gasteiger charge is -2.21. The molecule has 4 bridgehead atoms. The Balaban J connectivity index is 1.85. The van der Waals surface area contributed by atoms with E-state index in [9.17, 15) is 0 Å². The van der Waals surface area contributed by atoms with Crippen molar-refractivity contribution >= 4 is 0 Å². The van der Waals surface area contributed by atoms with Gasteiger partial charge in [0.05, 0.1) is 0 Å². The number of hydrogen-bond donors (Lipinski definition) is 0. The fourth-order valence-corrected chi connectivity index (χ4v) is 4.94. The largest absolute Gasteiger partial charge is 0.360 e. The first-order valence-electron chi connectivity index (χ1n) is 5.45. The van der Waals surface area contributed by atoms with E-state index in [2.05, 4.69) is 24.3 Å². The summed E-state index contributed by atoms with van der Waals surface area (Å²) in [5.41, 5.74) is 0.623. The number of hydrogen-bond acceptors (Lipinski definition) is 1. The Morgan fingerprint density at radius 3 is 1.54 bits per heavy atom. The van der Waals surface area contributed by atoms with Gasteiger partial charge in [-0.15, -0.1) is 0 Å². The molecule has 0 spiro atoms. The molecule has 4 atom stereocenters. The average Bonchev–Trinajstić information content (AvgIpc) is 2.66. The lowest BCUT2D eigenvalue weighted by Crippen LogP contribution is -2.33. The molecule has 5 rings (SSSR count). The fourth-order valence-electron chi connectivity index (χ4n) is 4.94. The summed E-state index contributed by atoms with van der Waals surface area (Å²) in [6.07, 6.45) is 12.5. The van der Waals surface area contributed by atoms with Crippen molar-refractivity contribution < 1.29 is 4.74 Å². The van der Waals surface area contributed by atoms with E-state index in [1.807, 2.05) is 0 Å². The molecule has 1 aliphatic heterocycles. The number of ether oxygens (including phenoxy) is 1. The second-order valence-electron chi connectivity index (χ2n) is 5.36. The Kier molecular flexibility index (Phi) is 0.624. The van der Waals surface area contributed by atoms with Gasteiger partial charge in [-0.3, -0.25) is 0 Å². The van der Waals surface area contributed by atoms with Gasteiger partial charge in [0.1, 0.15) is 11.2 Å². The van der Waals surface area contributed by atoms with Crippen molar-refractivity contribution in [3.8, 4) is 0 Å². The first-order chi connectivity index (χ1) is 6.38. The third-order valence-corrected chi connectivity index (χ3v) is 5.28. The maximum Gasteiger partial charge on any atom is 0.112 e. The predicted octanol–water partition coefficient (Wildman–Crippen LogP) is 1.91. The van der Waals surface area contributed by atoms with Crippen molar-refractivity contribution in [2.24, 2.45) is 23.7 Å². The van der Waals surface area contributed by atoms with Crippen molar-refractivity contribution in [1.82, 2.24) is 0 Å². The summed E-state index contributed by atoms with van der Waals surface area (Å²) in [5.74, 6) is 3.05. The Labute approximate surface area is 77.5 Å². The zero-order chi connectivity index (χ0) is 8.26. The zero-order valence-electron chi connectivity index (χ0n) is 7.44. The van der Waals surface area contributed by atoms with Crippen molar-refractivity contribution in [3.05, 3.63) is 24.3 Å². The maximum absolute atomic E-state index is 6.21. The molecule has 5 aliphatic rings. The van der Waals surface area contributed by atoms with E-state index in [1.165, 1.54) is 12.8 Å². The third kappa shape index (κ3) is 0.344. The molecule has 0 N–H and O–H groups in total. The molecule has 2 saturated carbocycles. The molecular formula is C12H12O. The van der Waals surface area contributed by atoms with Crippen molar-refractivity contribution in [3.63, 3.8) is 0 Å². The van der Waals surface area contributed by atoms with Crippen LogP contribution in [0.1, 0.15) is 12.8 Å². The highest BCUT2D eigenvalue weighted by molar-refractivity contribution is 5.48. The summed E-state index contributed by atoms with van der Waals surface area (Å²) in [6, 6.07) is 0. The highest BCUT2D eigenvalue weighted by atomic mass is 16.6. The Morgan fingerprint density at radius 1 is 0.769 bits per heavy atom. The summed E-state index contributed by atoms with van der Waals surface area (Å²) < 4.78 is 6.21. The molecule has 1 nitrogen and oxygen atoms in total. The second kappa shape index (κ2) is 1.35. The summed E-state index contributed by atoms with van der Waals surface area (Å²) in [5, 5.41) is 0. The Bertz CT molecular complexity index is 319. The molecule has 13 heavy (non-hydrogen) atoms. The first-order valence-corrected chi connectivity index (χ1v) is 5.45. The van der Waals surface area contributed by atoms with Crippen LogP contribution in [0.2, 0.25) is 0 Å². The van der Waals surface area contributed by atoms with E-state index in [-0.39, 0.29) is 0 Å². The maximum atomic E-state index is 6.21. The molecule has 0 aromatic rings. The predicted molar refractivity (Wildman–Crippen MR) is 48.0 cm³/mol. The minimum atomic E-state index is 0.311. The number of rotatable bonds is 0. The van der Waals surface area contributed by atoms with Gasteiger partial charge in [-0.25, -0.2) is 0 Å². The van der Waals surface area contributed by atoms with Crippen LogP contribution in [0.15, 0.2) is 24.3 Å². The normalized spacial score (nSPS) is 73.2. The highest BCUT2D eigenvalue weighted by Gasteiger charge is 2.89. The lowest BCUT2D eigenvalue weighted by atomic mass is 9.76. The molecule has 1 saturated heterocycles. The summed E-state index contributed by atoms with van der Waals surface area (Å²) in [7, 11) is 0. The minimum Gasteiger partial charge on any atom is -0.360 e. The van der Waals surface area contributed by atoms with Crippen LogP contribution >= 0.6 is 0 Å². The monoisotopic (exact) mass is 172 g/mol. The van der Waals surface area contributed by atoms with Gasteiger partial charge in [0.25, 0.3) is 0 Å². The smallest absolute Gasteiger partial charge is 0.112 e. The molecule has 1 heterocycles. The van der Waals surface area contributed by atoms with Gasteiger partial charge in [0.15, 0.2) is 0 Å². The minimum absolute atomic E-state index is 0.311. The Morgan fingerprint density at radius 2 is 1.15 bits per heavy atom. The average molecular weight is 172 g/mol. The Hall–Kier alpha value is -0.560. The number of epoxide rings is 1. The van der Waals surface area contributed by atoms with Crippen LogP contribution in [0.25, 0.3) is 0 Å². The van der Waals surface area contributed by atoms with Gasteiger partial charge in [-0.05, 0) is 12.8 Å². The van der Waals surface area contributed by atoms with Crippen molar-refractivity contribution in [2.75, 3.05) is 0 Å². The van der Waals surface area contributed by atoms with Crippen LogP contribution in [0.5, 0.6) is 0 Å². The fraction of sp³-hybridized carbons (Fsp3) is 0.667. The van der Waals surface area contributed by atoms with Crippen LogP contribution < -0.4 is 0 Å². The van der Waals surface area contributed by atoms with Crippen LogP contribution in [0.3, 0.4) is 0 Å². The summed E-state index contributed by atoms with van der Waals surface area (Å²) in [4.78, 5) is 0. The molecule has 3 fully saturated rings. The molecular weight excluding hydrogens is 160 g/mol. The van der Waals surface area contributed by atoms with Gasteiger partial charge in [-0.2, -0.15) is 0 Å². The highest BCUT2D eigenvalue weighted by Crippen LogP contribution is 2.81. The molecule has 66 valence electrons. The van der Waals surface area contributed by atoms with E-state index >= 15 is 0 Å². The quantitative estimate of drug-likeness (QED) is 0.401. The molecule has 0 aromatic carbocycles. The molecule has 4 aliphatic carbocycles. The summed E-state index contributed by atoms with van der Waals surface area (Å²) in [6.45, 7) is 0. The van der Waals surface area contributed by atoms with Gasteiger partial charge in [0.2, 0.25) is 0 Å². The van der Waals surface area contributed by atoms with E-state index in [0.717, 1.165) is 23.7 Å². The van der Waals surface area contributed by atoms with Crippen LogP contribution in [0.4, 0.5) is 0 Å². The topological polar surface area (TPSA) is 12.5 Å².